The van der Waals surface area contributed by atoms with Crippen LogP contribution in [0.4, 0.5) is 15.9 Å². The van der Waals surface area contributed by atoms with Crippen molar-refractivity contribution in [3.8, 4) is 11.5 Å². The topological polar surface area (TPSA) is 135 Å². The van der Waals surface area contributed by atoms with Crippen LogP contribution in [0.25, 0.3) is 0 Å². The van der Waals surface area contributed by atoms with E-state index in [0.717, 1.165) is 0 Å². The summed E-state index contributed by atoms with van der Waals surface area (Å²) in [4.78, 5) is 36.8. The Kier molecular flexibility index (Phi) is 8.54. The van der Waals surface area contributed by atoms with Gasteiger partial charge < -0.3 is 30.5 Å². The molecule has 1 fully saturated rings. The second kappa shape index (κ2) is 11.9. The Hall–Kier alpha value is -3.51. The molecule has 1 spiro atoms. The Morgan fingerprint density at radius 1 is 1.23 bits per heavy atom. The molecule has 0 bridgehead atoms. The molecule has 1 aromatic heterocycles. The standard InChI is InChI=1S/C30H32Cl2FN5O5/c1-29(2,3)13-21-30(17-14-34-28(32)38-25(17)37-27(30)41)22(16-6-5-7-18(31)23(16)33)24(36-21)26(40)35-19-9-8-15(43-11-10-39)12-20(19)42-4/h5-9,12,14,21-22,24,36,39H,10-11,13H2,1-4H3,(H,35,40)(H,34,37,38,41). The Bertz CT molecular complexity index is 1570. The van der Waals surface area contributed by atoms with Crippen LogP contribution in [0.2, 0.25) is 10.3 Å². The first kappa shape index (κ1) is 30.9. The van der Waals surface area contributed by atoms with Crippen LogP contribution in [0.5, 0.6) is 11.5 Å². The van der Waals surface area contributed by atoms with E-state index in [4.69, 9.17) is 37.8 Å². The van der Waals surface area contributed by atoms with E-state index in [-0.39, 0.29) is 40.3 Å². The third kappa shape index (κ3) is 5.62. The number of anilines is 2. The fourth-order valence-electron chi connectivity index (χ4n) is 6.15. The zero-order valence-electron chi connectivity index (χ0n) is 24.0. The molecule has 13 heteroatoms. The van der Waals surface area contributed by atoms with Crippen LogP contribution in [0, 0.1) is 11.2 Å². The van der Waals surface area contributed by atoms with E-state index < -0.39 is 41.0 Å². The predicted octanol–water partition coefficient (Wildman–Crippen LogP) is 4.69. The average Bonchev–Trinajstić information content (AvgIpc) is 3.42. The molecular formula is C30H32Cl2FN5O5. The van der Waals surface area contributed by atoms with Gasteiger partial charge in [0.15, 0.2) is 0 Å². The summed E-state index contributed by atoms with van der Waals surface area (Å²) in [5, 5.41) is 18.0. The zero-order valence-corrected chi connectivity index (χ0v) is 25.5. The number of nitrogens with zero attached hydrogens (tertiary/aromatic N) is 2. The molecule has 43 heavy (non-hydrogen) atoms. The van der Waals surface area contributed by atoms with Crippen molar-refractivity contribution in [2.24, 2.45) is 5.41 Å². The SMILES string of the molecule is COc1cc(OCCO)ccc1NC(=O)C1NC(CC(C)(C)C)C2(C(=O)Nc3nc(Cl)ncc32)C1c1cccc(Cl)c1F. The molecule has 4 unspecified atom stereocenters. The Labute approximate surface area is 258 Å². The van der Waals surface area contributed by atoms with Crippen LogP contribution < -0.4 is 25.4 Å². The van der Waals surface area contributed by atoms with E-state index in [1.807, 2.05) is 20.8 Å². The third-order valence-electron chi connectivity index (χ3n) is 7.77. The number of carbonyl (C=O) groups is 2. The number of benzene rings is 2. The first-order valence-corrected chi connectivity index (χ1v) is 14.4. The number of rotatable bonds is 8. The summed E-state index contributed by atoms with van der Waals surface area (Å²) < 4.78 is 26.9. The van der Waals surface area contributed by atoms with E-state index in [1.165, 1.54) is 25.4 Å². The van der Waals surface area contributed by atoms with Crippen molar-refractivity contribution < 1.29 is 28.6 Å². The van der Waals surface area contributed by atoms with Crippen molar-refractivity contribution >= 4 is 46.5 Å². The maximum absolute atomic E-state index is 15.9. The molecule has 5 rings (SSSR count). The minimum absolute atomic E-state index is 0.0623. The largest absolute Gasteiger partial charge is 0.494 e. The zero-order chi connectivity index (χ0) is 31.1. The molecule has 2 aliphatic rings. The summed E-state index contributed by atoms with van der Waals surface area (Å²) in [6.45, 7) is 5.97. The summed E-state index contributed by atoms with van der Waals surface area (Å²) in [7, 11) is 1.44. The molecule has 2 aromatic carbocycles. The molecule has 0 radical (unpaired) electrons. The lowest BCUT2D eigenvalue weighted by atomic mass is 9.63. The highest BCUT2D eigenvalue weighted by Gasteiger charge is 2.67. The number of amides is 2. The summed E-state index contributed by atoms with van der Waals surface area (Å²) in [6.07, 6.45) is 1.90. The molecule has 4 atom stereocenters. The van der Waals surface area contributed by atoms with Crippen LogP contribution in [-0.2, 0) is 15.0 Å². The van der Waals surface area contributed by atoms with Crippen LogP contribution >= 0.6 is 23.2 Å². The van der Waals surface area contributed by atoms with E-state index in [9.17, 15) is 9.59 Å². The normalized spacial score (nSPS) is 22.8. The van der Waals surface area contributed by atoms with Gasteiger partial charge in [-0.05, 0) is 47.2 Å². The van der Waals surface area contributed by atoms with Crippen molar-refractivity contribution in [2.75, 3.05) is 31.0 Å². The minimum atomic E-state index is -1.49. The van der Waals surface area contributed by atoms with Gasteiger partial charge in [-0.25, -0.2) is 14.4 Å². The third-order valence-corrected chi connectivity index (χ3v) is 8.25. The molecule has 0 saturated carbocycles. The number of hydrogen-bond donors (Lipinski definition) is 4. The van der Waals surface area contributed by atoms with Gasteiger partial charge in [0.25, 0.3) is 0 Å². The van der Waals surface area contributed by atoms with E-state index in [0.29, 0.717) is 29.2 Å². The number of carbonyl (C=O) groups excluding carboxylic acids is 2. The minimum Gasteiger partial charge on any atom is -0.494 e. The van der Waals surface area contributed by atoms with Gasteiger partial charge in [-0.2, -0.15) is 0 Å². The van der Waals surface area contributed by atoms with Crippen molar-refractivity contribution in [3.05, 3.63) is 69.8 Å². The van der Waals surface area contributed by atoms with Gasteiger partial charge in [0.1, 0.15) is 35.2 Å². The highest BCUT2D eigenvalue weighted by atomic mass is 35.5. The van der Waals surface area contributed by atoms with Crippen LogP contribution in [0.15, 0.2) is 42.6 Å². The van der Waals surface area contributed by atoms with Crippen molar-refractivity contribution in [3.63, 3.8) is 0 Å². The molecule has 3 aromatic rings. The maximum atomic E-state index is 15.9. The van der Waals surface area contributed by atoms with Crippen LogP contribution in [0.1, 0.15) is 44.2 Å². The molecule has 10 nitrogen and oxygen atoms in total. The fraction of sp³-hybridized carbons (Fsp3) is 0.400. The van der Waals surface area contributed by atoms with Gasteiger partial charge in [0, 0.05) is 29.8 Å². The molecule has 4 N–H and O–H groups in total. The van der Waals surface area contributed by atoms with E-state index >= 15 is 4.39 Å². The molecule has 3 heterocycles. The second-order valence-electron chi connectivity index (χ2n) is 11.7. The van der Waals surface area contributed by atoms with E-state index in [2.05, 4.69) is 25.9 Å². The number of hydrogen-bond acceptors (Lipinski definition) is 8. The summed E-state index contributed by atoms with van der Waals surface area (Å²) in [6, 6.07) is 7.57. The van der Waals surface area contributed by atoms with Gasteiger partial charge >= 0.3 is 0 Å². The number of nitrogens with one attached hydrogen (secondary N) is 3. The van der Waals surface area contributed by atoms with Crippen LogP contribution in [-0.4, -0.2) is 59.3 Å². The Morgan fingerprint density at radius 3 is 2.70 bits per heavy atom. The number of methoxy groups -OCH3 is 1. The number of ether oxygens (including phenoxy) is 2. The lowest BCUT2D eigenvalue weighted by Gasteiger charge is -2.37. The predicted molar refractivity (Wildman–Crippen MR) is 160 cm³/mol. The number of fused-ring (bicyclic) bond motifs is 2. The lowest BCUT2D eigenvalue weighted by Crippen LogP contribution is -2.49. The number of aliphatic hydroxyl groups excluding tert-OH is 1. The highest BCUT2D eigenvalue weighted by molar-refractivity contribution is 6.30. The second-order valence-corrected chi connectivity index (χ2v) is 12.5. The summed E-state index contributed by atoms with van der Waals surface area (Å²) >= 11 is 12.3. The van der Waals surface area contributed by atoms with Crippen molar-refractivity contribution in [2.45, 2.75) is 50.6 Å². The van der Waals surface area contributed by atoms with Gasteiger partial charge in [-0.1, -0.05) is 44.5 Å². The molecule has 1 saturated heterocycles. The summed E-state index contributed by atoms with van der Waals surface area (Å²) in [5.41, 5.74) is -0.972. The fourth-order valence-corrected chi connectivity index (χ4v) is 6.47. The van der Waals surface area contributed by atoms with Gasteiger partial charge in [-0.15, -0.1) is 0 Å². The Balaban J connectivity index is 1.66. The smallest absolute Gasteiger partial charge is 0.242 e. The maximum Gasteiger partial charge on any atom is 0.242 e. The molecule has 0 aliphatic carbocycles. The quantitative estimate of drug-likeness (QED) is 0.263. The first-order valence-electron chi connectivity index (χ1n) is 13.7. The van der Waals surface area contributed by atoms with E-state index in [1.54, 1.807) is 24.3 Å². The van der Waals surface area contributed by atoms with Gasteiger partial charge in [0.2, 0.25) is 17.1 Å². The summed E-state index contributed by atoms with van der Waals surface area (Å²) in [5.74, 6) is -1.84. The molecule has 2 aliphatic heterocycles. The monoisotopic (exact) mass is 631 g/mol. The average molecular weight is 633 g/mol. The van der Waals surface area contributed by atoms with Gasteiger partial charge in [-0.3, -0.25) is 9.59 Å². The highest BCUT2D eigenvalue weighted by Crippen LogP contribution is 2.56. The van der Waals surface area contributed by atoms with Crippen molar-refractivity contribution in [1.29, 1.82) is 0 Å². The van der Waals surface area contributed by atoms with Gasteiger partial charge in [0.05, 0.1) is 30.5 Å². The molecule has 2 amide bonds. The van der Waals surface area contributed by atoms with Crippen molar-refractivity contribution in [1.82, 2.24) is 15.3 Å². The Morgan fingerprint density at radius 2 is 2.00 bits per heavy atom. The first-order chi connectivity index (χ1) is 20.4. The molecule has 228 valence electrons. The number of aromatic nitrogens is 2. The molecular weight excluding hydrogens is 600 g/mol. The van der Waals surface area contributed by atoms with Crippen LogP contribution in [0.3, 0.4) is 0 Å². The number of aliphatic hydroxyl groups is 1. The lowest BCUT2D eigenvalue weighted by molar-refractivity contribution is -0.122. The number of halogens is 3.